The van der Waals surface area contributed by atoms with Crippen molar-refractivity contribution in [2.24, 2.45) is 5.92 Å². The maximum Gasteiger partial charge on any atom is 0.348 e. The number of hydrogen-bond donors (Lipinski definition) is 0. The van der Waals surface area contributed by atoms with Gasteiger partial charge < -0.3 is 19.1 Å². The van der Waals surface area contributed by atoms with Crippen LogP contribution in [-0.4, -0.2) is 64.6 Å². The van der Waals surface area contributed by atoms with Crippen LogP contribution in [0.15, 0.2) is 47.4 Å². The first kappa shape index (κ1) is 24.0. The van der Waals surface area contributed by atoms with Crippen LogP contribution in [0.2, 0.25) is 0 Å². The van der Waals surface area contributed by atoms with E-state index in [1.54, 1.807) is 24.3 Å². The van der Waals surface area contributed by atoms with Gasteiger partial charge in [0, 0.05) is 13.1 Å². The van der Waals surface area contributed by atoms with Crippen molar-refractivity contribution >= 4 is 27.6 Å². The minimum Gasteiger partial charge on any atom is -0.495 e. The maximum absolute atomic E-state index is 13.9. The van der Waals surface area contributed by atoms with Crippen LogP contribution in [0, 0.1) is 11.7 Å². The van der Waals surface area contributed by atoms with E-state index in [0.717, 1.165) is 12.1 Å². The third kappa shape index (κ3) is 4.45. The summed E-state index contributed by atoms with van der Waals surface area (Å²) in [6.07, 6.45) is -0.0865. The summed E-state index contributed by atoms with van der Waals surface area (Å²) < 4.78 is 57.3. The summed E-state index contributed by atoms with van der Waals surface area (Å²) in [5.41, 5.74) is 0.499. The van der Waals surface area contributed by atoms with Gasteiger partial charge in [-0.05, 0) is 43.2 Å². The van der Waals surface area contributed by atoms with E-state index < -0.39 is 33.8 Å². The van der Waals surface area contributed by atoms with Crippen LogP contribution in [0.25, 0.3) is 0 Å². The van der Waals surface area contributed by atoms with E-state index in [4.69, 9.17) is 14.2 Å². The molecular formula is C23H25FN2O7S. The summed E-state index contributed by atoms with van der Waals surface area (Å²) in [6.45, 7) is 0.0585. The lowest BCUT2D eigenvalue weighted by Gasteiger charge is -2.38. The van der Waals surface area contributed by atoms with Gasteiger partial charge in [0.15, 0.2) is 0 Å². The number of hydrogen-bond acceptors (Lipinski definition) is 7. The van der Waals surface area contributed by atoms with Crippen LogP contribution < -0.4 is 14.4 Å². The molecular weight excluding hydrogens is 467 g/mol. The molecule has 9 nitrogen and oxygen atoms in total. The number of piperidine rings is 1. The summed E-state index contributed by atoms with van der Waals surface area (Å²) >= 11 is 0. The second-order valence-electron chi connectivity index (χ2n) is 8.04. The molecule has 0 aliphatic carbocycles. The highest BCUT2D eigenvalue weighted by atomic mass is 32.2. The third-order valence-electron chi connectivity index (χ3n) is 5.98. The lowest BCUT2D eigenvalue weighted by Crippen LogP contribution is -2.52. The van der Waals surface area contributed by atoms with Crippen molar-refractivity contribution in [2.45, 2.75) is 23.8 Å². The van der Waals surface area contributed by atoms with Crippen molar-refractivity contribution < 1.29 is 36.6 Å². The Morgan fingerprint density at radius 2 is 1.88 bits per heavy atom. The molecule has 0 bridgehead atoms. The Morgan fingerprint density at radius 1 is 1.12 bits per heavy atom. The smallest absolute Gasteiger partial charge is 0.348 e. The molecule has 2 aromatic carbocycles. The first-order chi connectivity index (χ1) is 16.3. The van der Waals surface area contributed by atoms with Gasteiger partial charge in [-0.3, -0.25) is 4.79 Å². The first-order valence-electron chi connectivity index (χ1n) is 10.7. The predicted octanol–water partition coefficient (Wildman–Crippen LogP) is 2.20. The van der Waals surface area contributed by atoms with E-state index in [0.29, 0.717) is 24.3 Å². The number of amides is 1. The maximum atomic E-state index is 13.9. The quantitative estimate of drug-likeness (QED) is 0.590. The molecule has 2 aliphatic heterocycles. The predicted molar refractivity (Wildman–Crippen MR) is 120 cm³/mol. The fraction of sp³-hybridized carbons (Fsp3) is 0.391. The number of para-hydroxylation sites is 2. The number of ether oxygens (including phenoxy) is 3. The topological polar surface area (TPSA) is 102 Å². The zero-order valence-corrected chi connectivity index (χ0v) is 19.6. The van der Waals surface area contributed by atoms with E-state index in [1.165, 1.54) is 29.5 Å². The van der Waals surface area contributed by atoms with Crippen molar-refractivity contribution in [3.05, 3.63) is 48.3 Å². The average molecular weight is 493 g/mol. The van der Waals surface area contributed by atoms with Crippen molar-refractivity contribution in [2.75, 3.05) is 38.8 Å². The van der Waals surface area contributed by atoms with E-state index in [-0.39, 0.29) is 36.2 Å². The van der Waals surface area contributed by atoms with Gasteiger partial charge in [-0.15, -0.1) is 0 Å². The van der Waals surface area contributed by atoms with Crippen LogP contribution in [-0.2, 0) is 24.3 Å². The van der Waals surface area contributed by atoms with E-state index in [9.17, 15) is 22.4 Å². The Kier molecular flexibility index (Phi) is 6.76. The Labute approximate surface area is 197 Å². The second-order valence-corrected chi connectivity index (χ2v) is 9.95. The van der Waals surface area contributed by atoms with Crippen LogP contribution in [0.4, 0.5) is 10.1 Å². The number of esters is 1. The normalized spacial score (nSPS) is 20.7. The molecule has 2 heterocycles. The molecule has 1 fully saturated rings. The molecule has 0 N–H and O–H groups in total. The number of methoxy groups -OCH3 is 2. The molecule has 1 amide bonds. The van der Waals surface area contributed by atoms with Crippen molar-refractivity contribution in [1.82, 2.24) is 4.31 Å². The number of carbonyl (C=O) groups excluding carboxylic acids is 2. The number of halogens is 1. The van der Waals surface area contributed by atoms with Crippen molar-refractivity contribution in [3.63, 3.8) is 0 Å². The van der Waals surface area contributed by atoms with Gasteiger partial charge in [-0.25, -0.2) is 17.6 Å². The molecule has 0 aromatic heterocycles. The van der Waals surface area contributed by atoms with Crippen LogP contribution in [0.3, 0.4) is 0 Å². The number of sulfonamides is 1. The van der Waals surface area contributed by atoms with E-state index in [1.807, 2.05) is 0 Å². The fourth-order valence-corrected chi connectivity index (χ4v) is 5.96. The fourth-order valence-electron chi connectivity index (χ4n) is 4.27. The zero-order chi connectivity index (χ0) is 24.5. The van der Waals surface area contributed by atoms with Gasteiger partial charge in [0.2, 0.25) is 22.0 Å². The van der Waals surface area contributed by atoms with Gasteiger partial charge in [0.25, 0.3) is 0 Å². The number of carbonyl (C=O) groups is 2. The molecule has 2 aliphatic rings. The molecule has 2 atom stereocenters. The molecule has 2 aromatic rings. The second kappa shape index (κ2) is 9.59. The van der Waals surface area contributed by atoms with Gasteiger partial charge in [-0.2, -0.15) is 4.31 Å². The molecule has 0 spiro atoms. The molecule has 0 saturated carbocycles. The first-order valence-corrected chi connectivity index (χ1v) is 12.2. The molecule has 0 unspecified atom stereocenters. The molecule has 34 heavy (non-hydrogen) atoms. The van der Waals surface area contributed by atoms with E-state index in [2.05, 4.69) is 0 Å². The van der Waals surface area contributed by atoms with Crippen LogP contribution >= 0.6 is 0 Å². The van der Waals surface area contributed by atoms with Crippen molar-refractivity contribution in [1.29, 1.82) is 0 Å². The lowest BCUT2D eigenvalue weighted by molar-refractivity contribution is -0.148. The summed E-state index contributed by atoms with van der Waals surface area (Å²) in [4.78, 5) is 26.9. The number of benzene rings is 2. The Hall–Kier alpha value is -3.18. The molecule has 4 rings (SSSR count). The highest BCUT2D eigenvalue weighted by molar-refractivity contribution is 7.89. The highest BCUT2D eigenvalue weighted by Crippen LogP contribution is 2.36. The Balaban J connectivity index is 1.60. The standard InChI is InChI=1S/C23H25FN2O7S/c1-31-19-10-9-16(24)12-21(19)34(29,30)25-11-5-6-15(13-25)22(27)26-14-20(23(28)32-2)33-18-8-4-3-7-17(18)26/h3-4,7-10,12,15,20H,5-6,11,13-14H2,1-2H3/t15-,20+/m0/s1. The Bertz CT molecular complexity index is 1200. The van der Waals surface area contributed by atoms with Gasteiger partial charge in [-0.1, -0.05) is 12.1 Å². The number of nitrogens with zero attached hydrogens (tertiary/aromatic N) is 2. The van der Waals surface area contributed by atoms with Crippen molar-refractivity contribution in [3.8, 4) is 11.5 Å². The molecule has 182 valence electrons. The summed E-state index contributed by atoms with van der Waals surface area (Å²) in [5, 5.41) is 0. The van der Waals surface area contributed by atoms with Gasteiger partial charge in [0.05, 0.1) is 32.4 Å². The summed E-state index contributed by atoms with van der Waals surface area (Å²) in [6, 6.07) is 10.1. The van der Waals surface area contributed by atoms with Gasteiger partial charge >= 0.3 is 5.97 Å². The van der Waals surface area contributed by atoms with Crippen LogP contribution in [0.5, 0.6) is 11.5 Å². The average Bonchev–Trinajstić information content (AvgIpc) is 2.87. The van der Waals surface area contributed by atoms with Gasteiger partial charge in [0.1, 0.15) is 22.2 Å². The third-order valence-corrected chi connectivity index (χ3v) is 7.87. The zero-order valence-electron chi connectivity index (χ0n) is 18.8. The monoisotopic (exact) mass is 492 g/mol. The molecule has 1 saturated heterocycles. The number of rotatable bonds is 5. The Morgan fingerprint density at radius 3 is 2.62 bits per heavy atom. The minimum atomic E-state index is -4.11. The largest absolute Gasteiger partial charge is 0.495 e. The van der Waals surface area contributed by atoms with E-state index >= 15 is 0 Å². The minimum absolute atomic E-state index is 0.0258. The molecule has 11 heteroatoms. The summed E-state index contributed by atoms with van der Waals surface area (Å²) in [7, 11) is -1.57. The SMILES string of the molecule is COC(=O)[C@H]1CN(C(=O)[C@H]2CCCN(S(=O)(=O)c3cc(F)ccc3OC)C2)c2ccccc2O1. The van der Waals surface area contributed by atoms with Crippen LogP contribution in [0.1, 0.15) is 12.8 Å². The highest BCUT2D eigenvalue weighted by Gasteiger charge is 2.40. The lowest BCUT2D eigenvalue weighted by atomic mass is 9.97. The summed E-state index contributed by atoms with van der Waals surface area (Å²) in [5.74, 6) is -1.91. The molecule has 0 radical (unpaired) electrons. The number of anilines is 1. The number of fused-ring (bicyclic) bond motifs is 1.